The molecule has 0 fully saturated rings. The van der Waals surface area contributed by atoms with Gasteiger partial charge in [-0.3, -0.25) is 9.36 Å². The molecule has 2 aromatic carbocycles. The molecule has 0 aliphatic carbocycles. The van der Waals surface area contributed by atoms with Crippen LogP contribution >= 0.6 is 50.5 Å². The van der Waals surface area contributed by atoms with Crippen molar-refractivity contribution in [1.82, 2.24) is 4.57 Å². The maximum atomic E-state index is 14.2. The second-order valence-electron chi connectivity index (χ2n) is 7.62. The monoisotopic (exact) mass is 634 g/mol. The molecule has 1 aliphatic heterocycles. The molecule has 1 aliphatic rings. The zero-order valence-corrected chi connectivity index (χ0v) is 22.9. The number of nitrogens with zero attached hydrogens (tertiary/aromatic N) is 2. The molecular weight excluding hydrogens is 620 g/mol. The highest BCUT2D eigenvalue weighted by Crippen LogP contribution is 2.38. The third kappa shape index (κ3) is 5.36. The minimum atomic E-state index is -5.00. The summed E-state index contributed by atoms with van der Waals surface area (Å²) in [4.78, 5) is 30.0. The number of alkyl halides is 3. The number of carbonyl (C=O) groups excluding carboxylic acids is 1. The fourth-order valence-corrected chi connectivity index (χ4v) is 5.96. The molecule has 1 atom stereocenters. The van der Waals surface area contributed by atoms with E-state index in [1.807, 2.05) is 0 Å². The average molecular weight is 636 g/mol. The van der Waals surface area contributed by atoms with Crippen molar-refractivity contribution in [2.24, 2.45) is 4.99 Å². The van der Waals surface area contributed by atoms with E-state index in [2.05, 4.69) is 20.9 Å². The van der Waals surface area contributed by atoms with Crippen LogP contribution in [0.2, 0.25) is 10.0 Å². The van der Waals surface area contributed by atoms with E-state index in [0.29, 0.717) is 25.8 Å². The summed E-state index contributed by atoms with van der Waals surface area (Å²) in [6.07, 6.45) is -3.55. The molecule has 0 saturated heterocycles. The predicted molar refractivity (Wildman–Crippen MR) is 138 cm³/mol. The van der Waals surface area contributed by atoms with Gasteiger partial charge < -0.3 is 9.47 Å². The fraction of sp³-hybridized carbons (Fsp3) is 0.208. The lowest BCUT2D eigenvalue weighted by atomic mass is 9.95. The Balaban J connectivity index is 2.07. The van der Waals surface area contributed by atoms with Gasteiger partial charge in [-0.1, -0.05) is 46.7 Å². The highest BCUT2D eigenvalue weighted by Gasteiger charge is 2.45. The van der Waals surface area contributed by atoms with E-state index < -0.39 is 35.0 Å². The lowest BCUT2D eigenvalue weighted by Crippen LogP contribution is -2.41. The zero-order chi connectivity index (χ0) is 27.1. The molecule has 0 bridgehead atoms. The number of thiazole rings is 1. The normalized spacial score (nSPS) is 15.9. The SMILES string of the molecule is CCOC(=O)C1=C(C(F)(F)F)N=c2s/c(=C\c3cc(Cl)cc(Br)c3OC)c(=O)n2[C@H]1c1ccc(Cl)cc1. The molecule has 3 aromatic rings. The Labute approximate surface area is 230 Å². The van der Waals surface area contributed by atoms with Crippen molar-refractivity contribution in [3.8, 4) is 5.75 Å². The van der Waals surface area contributed by atoms with Gasteiger partial charge in [0, 0.05) is 15.6 Å². The van der Waals surface area contributed by atoms with Gasteiger partial charge in [-0.15, -0.1) is 0 Å². The molecule has 0 saturated carbocycles. The van der Waals surface area contributed by atoms with E-state index in [-0.39, 0.29) is 21.5 Å². The number of fused-ring (bicyclic) bond motifs is 1. The van der Waals surface area contributed by atoms with Crippen LogP contribution in [0.3, 0.4) is 0 Å². The second-order valence-corrected chi connectivity index (χ2v) is 10.4. The van der Waals surface area contributed by atoms with Gasteiger partial charge in [0.2, 0.25) is 0 Å². The number of allylic oxidation sites excluding steroid dienone is 1. The van der Waals surface area contributed by atoms with Crippen molar-refractivity contribution in [2.75, 3.05) is 13.7 Å². The standard InChI is InChI=1S/C24H16BrCl2F3N2O4S/c1-3-36-22(34)17-18(11-4-6-13(26)7-5-11)32-21(33)16(37-23(32)31-20(17)24(28,29)30)9-12-8-14(27)10-15(25)19(12)35-2/h4-10,18H,3H2,1-2H3/b16-9-/t18-/m0/s1. The Kier molecular flexibility index (Phi) is 7.89. The summed E-state index contributed by atoms with van der Waals surface area (Å²) in [6.45, 7) is 1.30. The molecule has 6 nitrogen and oxygen atoms in total. The van der Waals surface area contributed by atoms with Gasteiger partial charge in [0.15, 0.2) is 10.5 Å². The first-order chi connectivity index (χ1) is 17.5. The number of methoxy groups -OCH3 is 1. The zero-order valence-electron chi connectivity index (χ0n) is 19.0. The van der Waals surface area contributed by atoms with Crippen LogP contribution in [-0.4, -0.2) is 30.4 Å². The van der Waals surface area contributed by atoms with Crippen LogP contribution in [0, 0.1) is 0 Å². The molecule has 2 heterocycles. The van der Waals surface area contributed by atoms with Gasteiger partial charge in [-0.25, -0.2) is 9.79 Å². The number of rotatable bonds is 5. The molecule has 37 heavy (non-hydrogen) atoms. The lowest BCUT2D eigenvalue weighted by Gasteiger charge is -2.26. The Morgan fingerprint density at radius 2 is 1.89 bits per heavy atom. The van der Waals surface area contributed by atoms with Crippen LogP contribution in [0.25, 0.3) is 6.08 Å². The molecule has 0 unspecified atom stereocenters. The van der Waals surface area contributed by atoms with E-state index in [1.54, 1.807) is 12.1 Å². The van der Waals surface area contributed by atoms with Gasteiger partial charge in [-0.05, 0) is 58.8 Å². The van der Waals surface area contributed by atoms with E-state index in [0.717, 1.165) is 15.9 Å². The van der Waals surface area contributed by atoms with E-state index >= 15 is 0 Å². The third-order valence-electron chi connectivity index (χ3n) is 5.31. The van der Waals surface area contributed by atoms with Crippen LogP contribution in [0.5, 0.6) is 5.75 Å². The van der Waals surface area contributed by atoms with Gasteiger partial charge in [0.05, 0.1) is 34.3 Å². The average Bonchev–Trinajstić information content (AvgIpc) is 3.13. The molecule has 13 heteroatoms. The van der Waals surface area contributed by atoms with Crippen molar-refractivity contribution in [2.45, 2.75) is 19.1 Å². The van der Waals surface area contributed by atoms with Gasteiger partial charge in [-0.2, -0.15) is 13.2 Å². The number of esters is 1. The molecule has 4 rings (SSSR count). The van der Waals surface area contributed by atoms with Crippen molar-refractivity contribution in [1.29, 1.82) is 0 Å². The van der Waals surface area contributed by atoms with Gasteiger partial charge in [0.1, 0.15) is 5.75 Å². The van der Waals surface area contributed by atoms with Gasteiger partial charge >= 0.3 is 12.1 Å². The highest BCUT2D eigenvalue weighted by molar-refractivity contribution is 9.10. The smallest absolute Gasteiger partial charge is 0.434 e. The molecule has 0 spiro atoms. The summed E-state index contributed by atoms with van der Waals surface area (Å²) in [5.74, 6) is -0.860. The number of halogens is 6. The highest BCUT2D eigenvalue weighted by atomic mass is 79.9. The quantitative estimate of drug-likeness (QED) is 0.351. The van der Waals surface area contributed by atoms with Crippen LogP contribution in [0.1, 0.15) is 24.1 Å². The largest absolute Gasteiger partial charge is 0.495 e. The molecule has 0 N–H and O–H groups in total. The summed E-state index contributed by atoms with van der Waals surface area (Å²) in [7, 11) is 1.43. The number of hydrogen-bond acceptors (Lipinski definition) is 6. The number of carbonyl (C=O) groups is 1. The number of aromatic nitrogens is 1. The Bertz CT molecular complexity index is 1600. The maximum Gasteiger partial charge on any atom is 0.434 e. The van der Waals surface area contributed by atoms with E-state index in [1.165, 1.54) is 44.4 Å². The number of ether oxygens (including phenoxy) is 2. The fourth-order valence-electron chi connectivity index (χ4n) is 3.84. The van der Waals surface area contributed by atoms with E-state index in [9.17, 15) is 22.8 Å². The van der Waals surface area contributed by atoms with Crippen LogP contribution in [0.15, 0.2) is 61.9 Å². The lowest BCUT2D eigenvalue weighted by molar-refractivity contribution is -0.140. The van der Waals surface area contributed by atoms with Crippen molar-refractivity contribution >= 4 is 62.5 Å². The van der Waals surface area contributed by atoms with E-state index in [4.69, 9.17) is 32.7 Å². The second kappa shape index (κ2) is 10.6. The number of benzene rings is 2. The van der Waals surface area contributed by atoms with Crippen molar-refractivity contribution < 1.29 is 27.4 Å². The Morgan fingerprint density at radius 1 is 1.22 bits per heavy atom. The first kappa shape index (κ1) is 27.4. The first-order valence-corrected chi connectivity index (χ1v) is 12.9. The van der Waals surface area contributed by atoms with Crippen molar-refractivity contribution in [3.63, 3.8) is 0 Å². The molecular formula is C24H16BrCl2F3N2O4S. The summed E-state index contributed by atoms with van der Waals surface area (Å²) in [5, 5.41) is 0.669. The Hall–Kier alpha value is -2.60. The molecule has 0 radical (unpaired) electrons. The Morgan fingerprint density at radius 3 is 2.49 bits per heavy atom. The summed E-state index contributed by atoms with van der Waals surface area (Å²) < 4.78 is 54.5. The predicted octanol–water partition coefficient (Wildman–Crippen LogP) is 5.42. The minimum absolute atomic E-state index is 0.0526. The topological polar surface area (TPSA) is 69.9 Å². The van der Waals surface area contributed by atoms with Crippen LogP contribution in [0.4, 0.5) is 13.2 Å². The third-order valence-corrected chi connectivity index (χ3v) is 7.35. The summed E-state index contributed by atoms with van der Waals surface area (Å²) >= 11 is 16.2. The summed E-state index contributed by atoms with van der Waals surface area (Å²) in [5.41, 5.74) is -2.25. The number of hydrogen-bond donors (Lipinski definition) is 0. The minimum Gasteiger partial charge on any atom is -0.495 e. The van der Waals surface area contributed by atoms with Crippen molar-refractivity contribution in [3.05, 3.63) is 93.0 Å². The molecule has 0 amide bonds. The van der Waals surface area contributed by atoms with Gasteiger partial charge in [0.25, 0.3) is 5.56 Å². The molecule has 194 valence electrons. The molecule has 1 aromatic heterocycles. The van der Waals surface area contributed by atoms with Crippen LogP contribution in [-0.2, 0) is 9.53 Å². The summed E-state index contributed by atoms with van der Waals surface area (Å²) in [6, 6.07) is 7.49. The maximum absolute atomic E-state index is 14.2. The van der Waals surface area contributed by atoms with Crippen LogP contribution < -0.4 is 19.6 Å². The first-order valence-electron chi connectivity index (χ1n) is 10.5.